The van der Waals surface area contributed by atoms with Gasteiger partial charge in [0.15, 0.2) is 0 Å². The van der Waals surface area contributed by atoms with Gasteiger partial charge in [0, 0.05) is 6.54 Å². The molecule has 0 aliphatic rings. The van der Waals surface area contributed by atoms with Gasteiger partial charge in [0.2, 0.25) is 5.09 Å². The second kappa shape index (κ2) is 6.89. The molecule has 1 heterocycles. The summed E-state index contributed by atoms with van der Waals surface area (Å²) in [6, 6.07) is 10.9. The molecule has 0 unspecified atom stereocenters. The number of benzene rings is 1. The van der Waals surface area contributed by atoms with E-state index >= 15 is 0 Å². The number of hydrogen-bond donors (Lipinski definition) is 2. The van der Waals surface area contributed by atoms with Crippen LogP contribution >= 0.6 is 0 Å². The predicted molar refractivity (Wildman–Crippen MR) is 81.3 cm³/mol. The first-order chi connectivity index (χ1) is 10.1. The zero-order valence-corrected chi connectivity index (χ0v) is 13.0. The zero-order valence-electron chi connectivity index (χ0n) is 12.2. The molecule has 0 atom stereocenters. The van der Waals surface area contributed by atoms with Gasteiger partial charge in [-0.15, -0.1) is 0 Å². The Morgan fingerprint density at radius 1 is 1.05 bits per heavy atom. The molecule has 5 nitrogen and oxygen atoms in total. The summed E-state index contributed by atoms with van der Waals surface area (Å²) in [5.74, 6) is 0.590. The molecule has 0 amide bonds. The van der Waals surface area contributed by atoms with Crippen LogP contribution in [0.3, 0.4) is 0 Å². The van der Waals surface area contributed by atoms with Crippen molar-refractivity contribution in [2.75, 3.05) is 7.05 Å². The Hall–Kier alpha value is -1.63. The molecular formula is C15H20N2O3S. The first-order valence-corrected chi connectivity index (χ1v) is 8.35. The molecule has 6 heteroatoms. The largest absolute Gasteiger partial charge is 0.447 e. The van der Waals surface area contributed by atoms with Crippen LogP contribution in [0.25, 0.3) is 0 Å². The number of hydrogen-bond acceptors (Lipinski definition) is 4. The van der Waals surface area contributed by atoms with Crippen LogP contribution < -0.4 is 10.0 Å². The average molecular weight is 308 g/mol. The van der Waals surface area contributed by atoms with Gasteiger partial charge in [-0.1, -0.05) is 31.2 Å². The van der Waals surface area contributed by atoms with E-state index in [-0.39, 0.29) is 11.6 Å². The Balaban J connectivity index is 2.10. The first kappa shape index (κ1) is 15.8. The summed E-state index contributed by atoms with van der Waals surface area (Å²) in [5, 5.41) is 2.86. The second-order valence-electron chi connectivity index (χ2n) is 4.70. The van der Waals surface area contributed by atoms with Crippen molar-refractivity contribution in [1.82, 2.24) is 10.0 Å². The number of rotatable bonds is 7. The Labute approximate surface area is 125 Å². The molecule has 1 aromatic heterocycles. The monoisotopic (exact) mass is 308 g/mol. The van der Waals surface area contributed by atoms with Crippen LogP contribution in [-0.2, 0) is 29.5 Å². The van der Waals surface area contributed by atoms with Crippen molar-refractivity contribution < 1.29 is 12.8 Å². The van der Waals surface area contributed by atoms with E-state index in [0.717, 1.165) is 17.5 Å². The molecule has 0 fully saturated rings. The lowest BCUT2D eigenvalue weighted by molar-refractivity contribution is 0.404. The van der Waals surface area contributed by atoms with Crippen molar-refractivity contribution >= 4 is 10.0 Å². The highest BCUT2D eigenvalue weighted by Crippen LogP contribution is 2.15. The second-order valence-corrected chi connectivity index (χ2v) is 6.40. The van der Waals surface area contributed by atoms with E-state index in [4.69, 9.17) is 4.42 Å². The Bertz CT molecular complexity index is 692. The minimum absolute atomic E-state index is 0.0540. The molecule has 2 N–H and O–H groups in total. The summed E-state index contributed by atoms with van der Waals surface area (Å²) in [6.45, 7) is 2.80. The molecule has 0 aliphatic heterocycles. The third-order valence-corrected chi connectivity index (χ3v) is 4.48. The van der Waals surface area contributed by atoms with Crippen LogP contribution in [0.2, 0.25) is 0 Å². The van der Waals surface area contributed by atoms with E-state index in [9.17, 15) is 8.42 Å². The molecule has 2 rings (SSSR count). The topological polar surface area (TPSA) is 71.3 Å². The lowest BCUT2D eigenvalue weighted by Gasteiger charge is -2.08. The Morgan fingerprint density at radius 2 is 1.76 bits per heavy atom. The van der Waals surface area contributed by atoms with Gasteiger partial charge in [-0.2, -0.15) is 0 Å². The molecule has 0 bridgehead atoms. The van der Waals surface area contributed by atoms with Gasteiger partial charge in [-0.3, -0.25) is 0 Å². The molecule has 0 saturated heterocycles. The van der Waals surface area contributed by atoms with Crippen molar-refractivity contribution in [3.05, 3.63) is 53.3 Å². The minimum atomic E-state index is -3.63. The summed E-state index contributed by atoms with van der Waals surface area (Å²) in [4.78, 5) is 0. The molecule has 0 spiro atoms. The van der Waals surface area contributed by atoms with E-state index in [1.54, 1.807) is 13.1 Å². The lowest BCUT2D eigenvalue weighted by Crippen LogP contribution is -2.23. The summed E-state index contributed by atoms with van der Waals surface area (Å²) in [6.07, 6.45) is 0.866. The SMILES string of the molecule is CCc1ccccc1CNS(=O)(=O)c1ccc(CNC)o1. The standard InChI is InChI=1S/C15H20N2O3S/c1-3-12-6-4-5-7-13(12)10-17-21(18,19)15-9-8-14(20-15)11-16-2/h4-9,16-17H,3,10-11H2,1-2H3. The van der Waals surface area contributed by atoms with Gasteiger partial charge in [0.1, 0.15) is 5.76 Å². The normalized spacial score (nSPS) is 11.7. The van der Waals surface area contributed by atoms with Gasteiger partial charge in [-0.25, -0.2) is 13.1 Å². The number of sulfonamides is 1. The maximum atomic E-state index is 12.2. The molecule has 21 heavy (non-hydrogen) atoms. The molecule has 0 saturated carbocycles. The van der Waals surface area contributed by atoms with E-state index in [1.165, 1.54) is 6.07 Å². The van der Waals surface area contributed by atoms with Crippen LogP contribution in [0.4, 0.5) is 0 Å². The van der Waals surface area contributed by atoms with Crippen LogP contribution in [0, 0.1) is 0 Å². The third-order valence-electron chi connectivity index (χ3n) is 3.20. The molecule has 1 aromatic carbocycles. The van der Waals surface area contributed by atoms with E-state index in [2.05, 4.69) is 10.0 Å². The van der Waals surface area contributed by atoms with E-state index in [0.29, 0.717) is 12.3 Å². The van der Waals surface area contributed by atoms with E-state index in [1.807, 2.05) is 31.2 Å². The number of nitrogens with one attached hydrogen (secondary N) is 2. The molecule has 0 aliphatic carbocycles. The fourth-order valence-electron chi connectivity index (χ4n) is 2.09. The number of furan rings is 1. The van der Waals surface area contributed by atoms with Gasteiger partial charge >= 0.3 is 0 Å². The fourth-order valence-corrected chi connectivity index (χ4v) is 3.04. The maximum Gasteiger partial charge on any atom is 0.274 e. The van der Waals surface area contributed by atoms with Crippen molar-refractivity contribution in [3.8, 4) is 0 Å². The molecule has 0 radical (unpaired) electrons. The van der Waals surface area contributed by atoms with Crippen molar-refractivity contribution in [1.29, 1.82) is 0 Å². The predicted octanol–water partition coefficient (Wildman–Crippen LogP) is 2.04. The van der Waals surface area contributed by atoms with Gasteiger partial charge in [0.25, 0.3) is 10.0 Å². The highest BCUT2D eigenvalue weighted by Gasteiger charge is 2.18. The summed E-state index contributed by atoms with van der Waals surface area (Å²) >= 11 is 0. The number of aryl methyl sites for hydroxylation is 1. The van der Waals surface area contributed by atoms with Crippen molar-refractivity contribution in [2.24, 2.45) is 0 Å². The summed E-state index contributed by atoms with van der Waals surface area (Å²) < 4.78 is 32.3. The lowest BCUT2D eigenvalue weighted by atomic mass is 10.1. The van der Waals surface area contributed by atoms with Crippen LogP contribution in [-0.4, -0.2) is 15.5 Å². The Morgan fingerprint density at radius 3 is 2.43 bits per heavy atom. The highest BCUT2D eigenvalue weighted by molar-refractivity contribution is 7.89. The molecular weight excluding hydrogens is 288 g/mol. The maximum absolute atomic E-state index is 12.2. The summed E-state index contributed by atoms with van der Waals surface area (Å²) in [5.41, 5.74) is 2.11. The van der Waals surface area contributed by atoms with Gasteiger partial charge < -0.3 is 9.73 Å². The third kappa shape index (κ3) is 3.93. The van der Waals surface area contributed by atoms with Crippen molar-refractivity contribution in [2.45, 2.75) is 31.5 Å². The highest BCUT2D eigenvalue weighted by atomic mass is 32.2. The Kier molecular flexibility index (Phi) is 5.17. The van der Waals surface area contributed by atoms with E-state index < -0.39 is 10.0 Å². The van der Waals surface area contributed by atoms with Gasteiger partial charge in [-0.05, 0) is 36.7 Å². The molecule has 2 aromatic rings. The van der Waals surface area contributed by atoms with Crippen molar-refractivity contribution in [3.63, 3.8) is 0 Å². The summed E-state index contributed by atoms with van der Waals surface area (Å²) in [7, 11) is -1.85. The first-order valence-electron chi connectivity index (χ1n) is 6.86. The quantitative estimate of drug-likeness (QED) is 0.821. The van der Waals surface area contributed by atoms with Gasteiger partial charge in [0.05, 0.1) is 6.54 Å². The van der Waals surface area contributed by atoms with Crippen LogP contribution in [0.5, 0.6) is 0 Å². The fraction of sp³-hybridized carbons (Fsp3) is 0.333. The van der Waals surface area contributed by atoms with Crippen LogP contribution in [0.1, 0.15) is 23.8 Å². The average Bonchev–Trinajstić information content (AvgIpc) is 2.95. The molecule has 114 valence electrons. The van der Waals surface area contributed by atoms with Crippen LogP contribution in [0.15, 0.2) is 45.9 Å². The minimum Gasteiger partial charge on any atom is -0.447 e. The smallest absolute Gasteiger partial charge is 0.274 e. The zero-order chi connectivity index (χ0) is 15.3.